The van der Waals surface area contributed by atoms with Crippen molar-refractivity contribution in [2.45, 2.75) is 52.0 Å². The molecule has 0 bridgehead atoms. The summed E-state index contributed by atoms with van der Waals surface area (Å²) in [6, 6.07) is 15.1. The molecule has 0 spiro atoms. The van der Waals surface area contributed by atoms with Crippen molar-refractivity contribution in [3.05, 3.63) is 73.3 Å². The summed E-state index contributed by atoms with van der Waals surface area (Å²) in [5.41, 5.74) is 2.82. The van der Waals surface area contributed by atoms with Crippen molar-refractivity contribution in [1.29, 1.82) is 0 Å². The maximum absolute atomic E-state index is 13.5. The fourth-order valence-electron chi connectivity index (χ4n) is 4.36. The van der Waals surface area contributed by atoms with Crippen LogP contribution in [0.1, 0.15) is 51.5 Å². The van der Waals surface area contributed by atoms with Crippen LogP contribution in [0.4, 0.5) is 5.69 Å². The molecular weight excluding hydrogens is 438 g/mol. The van der Waals surface area contributed by atoms with E-state index in [0.29, 0.717) is 13.2 Å². The van der Waals surface area contributed by atoms with E-state index in [1.165, 1.54) is 6.42 Å². The molecule has 2 aromatic carbocycles. The number of nitrogens with zero attached hydrogens (tertiary/aromatic N) is 1. The number of methoxy groups -OCH3 is 2. The normalized spacial score (nSPS) is 12.3. The van der Waals surface area contributed by atoms with Gasteiger partial charge in [0.15, 0.2) is 0 Å². The van der Waals surface area contributed by atoms with Crippen molar-refractivity contribution in [1.82, 2.24) is 0 Å². The van der Waals surface area contributed by atoms with Crippen molar-refractivity contribution in [3.63, 3.8) is 0 Å². The van der Waals surface area contributed by atoms with Gasteiger partial charge >= 0.3 is 5.97 Å². The van der Waals surface area contributed by atoms with E-state index < -0.39 is 6.04 Å². The van der Waals surface area contributed by atoms with E-state index in [1.807, 2.05) is 61.5 Å². The Balaban J connectivity index is 2.53. The summed E-state index contributed by atoms with van der Waals surface area (Å²) >= 11 is 0. The van der Waals surface area contributed by atoms with Crippen molar-refractivity contribution < 1.29 is 19.0 Å². The van der Waals surface area contributed by atoms with Crippen molar-refractivity contribution in [2.75, 3.05) is 32.3 Å². The molecular formula is C30H41NO4. The Bertz CT molecular complexity index is 920. The van der Waals surface area contributed by atoms with Crippen molar-refractivity contribution in [3.8, 4) is 11.5 Å². The number of ether oxygens (including phenoxy) is 3. The smallest absolute Gasteiger partial charge is 0.329 e. The number of carbonyl (C=O) groups excluding carboxylic acids is 1. The molecule has 0 aliphatic heterocycles. The first-order valence-electron chi connectivity index (χ1n) is 12.5. The highest BCUT2D eigenvalue weighted by Gasteiger charge is 2.36. The lowest BCUT2D eigenvalue weighted by Gasteiger charge is -2.37. The van der Waals surface area contributed by atoms with Crippen LogP contribution in [0.2, 0.25) is 0 Å². The lowest BCUT2D eigenvalue weighted by molar-refractivity contribution is -0.145. The topological polar surface area (TPSA) is 48.0 Å². The summed E-state index contributed by atoms with van der Waals surface area (Å²) in [5.74, 6) is 1.16. The minimum atomic E-state index is -0.544. The number of hydrogen-bond donors (Lipinski definition) is 0. The Labute approximate surface area is 211 Å². The average molecular weight is 480 g/mol. The van der Waals surface area contributed by atoms with Gasteiger partial charge in [-0.1, -0.05) is 57.4 Å². The van der Waals surface area contributed by atoms with Crippen LogP contribution in [0, 0.1) is 5.92 Å². The molecule has 5 nitrogen and oxygen atoms in total. The van der Waals surface area contributed by atoms with Crippen LogP contribution in [0.25, 0.3) is 5.57 Å². The molecule has 0 aromatic heterocycles. The number of hydrogen-bond acceptors (Lipinski definition) is 5. The number of esters is 1. The first-order valence-corrected chi connectivity index (χ1v) is 12.5. The maximum Gasteiger partial charge on any atom is 0.329 e. The predicted molar refractivity (Wildman–Crippen MR) is 145 cm³/mol. The largest absolute Gasteiger partial charge is 0.497 e. The first kappa shape index (κ1) is 28.0. The van der Waals surface area contributed by atoms with Crippen LogP contribution in [0.15, 0.2) is 67.8 Å². The zero-order valence-corrected chi connectivity index (χ0v) is 21.8. The maximum atomic E-state index is 13.5. The number of rotatable bonds is 16. The van der Waals surface area contributed by atoms with Crippen LogP contribution in [0.5, 0.6) is 11.5 Å². The van der Waals surface area contributed by atoms with E-state index in [2.05, 4.69) is 25.0 Å². The summed E-state index contributed by atoms with van der Waals surface area (Å²) in [7, 11) is 3.29. The Hall–Kier alpha value is -3.21. The zero-order valence-electron chi connectivity index (χ0n) is 21.8. The molecule has 2 aromatic rings. The molecule has 0 saturated heterocycles. The predicted octanol–water partition coefficient (Wildman–Crippen LogP) is 6.93. The standard InChI is InChI=1S/C30H41NO4/c1-7-10-11-12-13-28(23(4)24-14-18-26(33-5)19-15-24)29(30(32)35-9-3)31(22-8-2)25-16-20-27(34-6)21-17-25/h8,14-21,28-29H,2,4,7,9-13,22H2,1,3,5-6H3. The average Bonchev–Trinajstić information content (AvgIpc) is 2.89. The van der Waals surface area contributed by atoms with E-state index in [0.717, 1.165) is 54.0 Å². The van der Waals surface area contributed by atoms with Gasteiger partial charge in [-0.15, -0.1) is 6.58 Å². The second-order valence-electron chi connectivity index (χ2n) is 8.55. The van der Waals surface area contributed by atoms with Gasteiger partial charge in [0.1, 0.15) is 17.5 Å². The van der Waals surface area contributed by atoms with Gasteiger partial charge in [0.05, 0.1) is 20.8 Å². The molecule has 0 aliphatic carbocycles. The molecule has 2 unspecified atom stereocenters. The van der Waals surface area contributed by atoms with E-state index in [-0.39, 0.29) is 11.9 Å². The summed E-state index contributed by atoms with van der Waals surface area (Å²) in [6.07, 6.45) is 7.09. The quantitative estimate of drug-likeness (QED) is 0.148. The van der Waals surface area contributed by atoms with Gasteiger partial charge in [-0.05, 0) is 60.9 Å². The Morgan fingerprint density at radius 3 is 2.06 bits per heavy atom. The SMILES string of the molecule is C=CCN(c1ccc(OC)cc1)C(C(=O)OCC)C(CCCCCC)C(=C)c1ccc(OC)cc1. The summed E-state index contributed by atoms with van der Waals surface area (Å²) in [4.78, 5) is 15.6. The highest BCUT2D eigenvalue weighted by Crippen LogP contribution is 2.35. The molecule has 0 fully saturated rings. The Kier molecular flexibility index (Phi) is 12.0. The number of unbranched alkanes of at least 4 members (excludes halogenated alkanes) is 3. The third-order valence-corrected chi connectivity index (χ3v) is 6.25. The molecule has 35 heavy (non-hydrogen) atoms. The molecule has 0 radical (unpaired) electrons. The molecule has 0 amide bonds. The fraction of sp³-hybridized carbons (Fsp3) is 0.433. The van der Waals surface area contributed by atoms with Crippen LogP contribution in [0.3, 0.4) is 0 Å². The van der Waals surface area contributed by atoms with Crippen LogP contribution < -0.4 is 14.4 Å². The second kappa shape index (κ2) is 14.9. The summed E-state index contributed by atoms with van der Waals surface area (Å²) in [5, 5.41) is 0. The minimum absolute atomic E-state index is 0.138. The number of benzene rings is 2. The third kappa shape index (κ3) is 7.91. The van der Waals surface area contributed by atoms with Crippen molar-refractivity contribution in [2.24, 2.45) is 5.92 Å². The van der Waals surface area contributed by atoms with E-state index >= 15 is 0 Å². The molecule has 2 rings (SSSR count). The third-order valence-electron chi connectivity index (χ3n) is 6.25. The molecule has 0 N–H and O–H groups in total. The van der Waals surface area contributed by atoms with Gasteiger partial charge < -0.3 is 19.1 Å². The zero-order chi connectivity index (χ0) is 25.6. The molecule has 0 saturated carbocycles. The Morgan fingerprint density at radius 2 is 1.54 bits per heavy atom. The molecule has 2 atom stereocenters. The van der Waals surface area contributed by atoms with E-state index in [4.69, 9.17) is 14.2 Å². The van der Waals surface area contributed by atoms with E-state index in [9.17, 15) is 4.79 Å². The van der Waals surface area contributed by atoms with Gasteiger partial charge in [-0.2, -0.15) is 0 Å². The summed E-state index contributed by atoms with van der Waals surface area (Å²) < 4.78 is 16.3. The van der Waals surface area contributed by atoms with Crippen molar-refractivity contribution >= 4 is 17.2 Å². The molecule has 5 heteroatoms. The Morgan fingerprint density at radius 1 is 0.943 bits per heavy atom. The molecule has 0 aliphatic rings. The lowest BCUT2D eigenvalue weighted by Crippen LogP contribution is -2.48. The minimum Gasteiger partial charge on any atom is -0.497 e. The lowest BCUT2D eigenvalue weighted by atomic mass is 9.82. The van der Waals surface area contributed by atoms with Gasteiger partial charge in [0, 0.05) is 18.2 Å². The fourth-order valence-corrected chi connectivity index (χ4v) is 4.36. The van der Waals surface area contributed by atoms with Gasteiger partial charge in [-0.3, -0.25) is 0 Å². The van der Waals surface area contributed by atoms with E-state index in [1.54, 1.807) is 14.2 Å². The molecule has 190 valence electrons. The summed E-state index contributed by atoms with van der Waals surface area (Å²) in [6.45, 7) is 13.3. The second-order valence-corrected chi connectivity index (χ2v) is 8.55. The van der Waals surface area contributed by atoms with Gasteiger partial charge in [0.2, 0.25) is 0 Å². The highest BCUT2D eigenvalue weighted by molar-refractivity contribution is 5.84. The van der Waals surface area contributed by atoms with Crippen LogP contribution in [-0.2, 0) is 9.53 Å². The van der Waals surface area contributed by atoms with Crippen LogP contribution >= 0.6 is 0 Å². The molecule has 0 heterocycles. The monoisotopic (exact) mass is 479 g/mol. The number of anilines is 1. The van der Waals surface area contributed by atoms with Gasteiger partial charge in [0.25, 0.3) is 0 Å². The number of carbonyl (C=O) groups is 1. The van der Waals surface area contributed by atoms with Crippen LogP contribution in [-0.4, -0.2) is 39.4 Å². The first-order chi connectivity index (χ1) is 17.0. The van der Waals surface area contributed by atoms with Gasteiger partial charge in [-0.25, -0.2) is 4.79 Å². The highest BCUT2D eigenvalue weighted by atomic mass is 16.5.